The minimum absolute atomic E-state index is 0.284. The van der Waals surface area contributed by atoms with Crippen LogP contribution < -0.4 is 10.6 Å². The van der Waals surface area contributed by atoms with Gasteiger partial charge in [0, 0.05) is 37.8 Å². The van der Waals surface area contributed by atoms with Crippen molar-refractivity contribution in [2.75, 3.05) is 31.1 Å². The molecule has 2 atom stereocenters. The Hall–Kier alpha value is -1.55. The summed E-state index contributed by atoms with van der Waals surface area (Å²) >= 11 is 0. The number of hydrogen-bond acceptors (Lipinski definition) is 3. The molecule has 2 heterocycles. The van der Waals surface area contributed by atoms with Crippen molar-refractivity contribution in [2.24, 2.45) is 11.7 Å². The van der Waals surface area contributed by atoms with Gasteiger partial charge in [-0.1, -0.05) is 18.2 Å². The summed E-state index contributed by atoms with van der Waals surface area (Å²) in [5.74, 6) is 0.782. The van der Waals surface area contributed by atoms with Crippen molar-refractivity contribution in [1.29, 1.82) is 0 Å². The standard InChI is InChI=1S/C18H27N3O/c1-14-6-7-16-4-2-3-5-17(16)21(14)11-9-18(22)20-10-8-15(12-19)13-20/h2-5,14-15H,6-13,19H2,1H3/t14-,15+/m0/s1. The largest absolute Gasteiger partial charge is 0.368 e. The molecular formula is C18H27N3O. The number of anilines is 1. The number of nitrogens with two attached hydrogens (primary N) is 1. The van der Waals surface area contributed by atoms with Gasteiger partial charge in [0.25, 0.3) is 0 Å². The molecule has 2 aliphatic rings. The monoisotopic (exact) mass is 301 g/mol. The Morgan fingerprint density at radius 2 is 2.14 bits per heavy atom. The van der Waals surface area contributed by atoms with Crippen LogP contribution >= 0.6 is 0 Å². The number of hydrogen-bond donors (Lipinski definition) is 1. The van der Waals surface area contributed by atoms with E-state index in [1.165, 1.54) is 17.7 Å². The Morgan fingerprint density at radius 1 is 1.32 bits per heavy atom. The summed E-state index contributed by atoms with van der Waals surface area (Å²) in [7, 11) is 0. The Labute approximate surface area is 133 Å². The number of benzene rings is 1. The minimum Gasteiger partial charge on any atom is -0.368 e. The molecule has 0 aliphatic carbocycles. The van der Waals surface area contributed by atoms with Crippen LogP contribution in [0.15, 0.2) is 24.3 Å². The van der Waals surface area contributed by atoms with E-state index in [1.54, 1.807) is 0 Å². The molecule has 0 aromatic heterocycles. The number of carbonyl (C=O) groups excluding carboxylic acids is 1. The SMILES string of the molecule is C[C@H]1CCc2ccccc2N1CCC(=O)N1CC[C@H](CN)C1. The smallest absolute Gasteiger partial charge is 0.224 e. The highest BCUT2D eigenvalue weighted by atomic mass is 16.2. The molecule has 1 aromatic rings. The molecule has 0 unspecified atom stereocenters. The summed E-state index contributed by atoms with van der Waals surface area (Å²) in [5.41, 5.74) is 8.44. The molecule has 1 amide bonds. The van der Waals surface area contributed by atoms with Crippen LogP contribution in [0, 0.1) is 5.92 Å². The molecule has 1 fully saturated rings. The van der Waals surface area contributed by atoms with Gasteiger partial charge in [-0.2, -0.15) is 0 Å². The van der Waals surface area contributed by atoms with E-state index < -0.39 is 0 Å². The summed E-state index contributed by atoms with van der Waals surface area (Å²) in [6.07, 6.45) is 3.98. The second-order valence-electron chi connectivity index (χ2n) is 6.69. The topological polar surface area (TPSA) is 49.6 Å². The average molecular weight is 301 g/mol. The van der Waals surface area contributed by atoms with Gasteiger partial charge in [-0.25, -0.2) is 0 Å². The van der Waals surface area contributed by atoms with Crippen LogP contribution in [0.5, 0.6) is 0 Å². The second kappa shape index (κ2) is 6.69. The molecule has 4 heteroatoms. The Balaban J connectivity index is 1.60. The van der Waals surface area contributed by atoms with Crippen molar-refractivity contribution < 1.29 is 4.79 Å². The number of nitrogens with zero attached hydrogens (tertiary/aromatic N) is 2. The normalized spacial score (nSPS) is 24.5. The zero-order valence-corrected chi connectivity index (χ0v) is 13.5. The lowest BCUT2D eigenvalue weighted by atomic mass is 9.96. The van der Waals surface area contributed by atoms with Gasteiger partial charge < -0.3 is 15.5 Å². The highest BCUT2D eigenvalue weighted by molar-refractivity contribution is 5.77. The molecule has 1 aromatic carbocycles. The predicted molar refractivity (Wildman–Crippen MR) is 89.9 cm³/mol. The summed E-state index contributed by atoms with van der Waals surface area (Å²) in [5, 5.41) is 0. The molecule has 2 aliphatic heterocycles. The van der Waals surface area contributed by atoms with Crippen molar-refractivity contribution in [1.82, 2.24) is 4.90 Å². The first-order valence-electron chi connectivity index (χ1n) is 8.51. The molecule has 3 rings (SSSR count). The van der Waals surface area contributed by atoms with Gasteiger partial charge in [0.2, 0.25) is 5.91 Å². The van der Waals surface area contributed by atoms with Gasteiger partial charge in [0.1, 0.15) is 0 Å². The van der Waals surface area contributed by atoms with Gasteiger partial charge in [0.05, 0.1) is 0 Å². The lowest BCUT2D eigenvalue weighted by molar-refractivity contribution is -0.130. The number of rotatable bonds is 4. The Bertz CT molecular complexity index is 531. The van der Waals surface area contributed by atoms with E-state index in [9.17, 15) is 4.79 Å². The molecule has 2 N–H and O–H groups in total. The van der Waals surface area contributed by atoms with Crippen LogP contribution in [0.3, 0.4) is 0 Å². The third-order valence-corrected chi connectivity index (χ3v) is 5.20. The van der Waals surface area contributed by atoms with Crippen molar-refractivity contribution in [3.05, 3.63) is 29.8 Å². The average Bonchev–Trinajstić information content (AvgIpc) is 3.03. The Morgan fingerprint density at radius 3 is 2.91 bits per heavy atom. The third-order valence-electron chi connectivity index (χ3n) is 5.20. The van der Waals surface area contributed by atoms with E-state index in [0.717, 1.165) is 32.5 Å². The van der Waals surface area contributed by atoms with Crippen molar-refractivity contribution in [3.8, 4) is 0 Å². The molecule has 0 bridgehead atoms. The quantitative estimate of drug-likeness (QED) is 0.925. The first kappa shape index (κ1) is 15.3. The number of likely N-dealkylation sites (tertiary alicyclic amines) is 1. The van der Waals surface area contributed by atoms with Crippen LogP contribution in [0.2, 0.25) is 0 Å². The van der Waals surface area contributed by atoms with Gasteiger partial charge >= 0.3 is 0 Å². The van der Waals surface area contributed by atoms with Crippen LogP contribution in [0.25, 0.3) is 0 Å². The Kier molecular flexibility index (Phi) is 4.67. The molecule has 1 saturated heterocycles. The highest BCUT2D eigenvalue weighted by Crippen LogP contribution is 2.30. The lowest BCUT2D eigenvalue weighted by Gasteiger charge is -2.37. The summed E-state index contributed by atoms with van der Waals surface area (Å²) in [4.78, 5) is 16.8. The second-order valence-corrected chi connectivity index (χ2v) is 6.69. The first-order chi connectivity index (χ1) is 10.7. The van der Waals surface area contributed by atoms with Crippen molar-refractivity contribution in [2.45, 2.75) is 38.6 Å². The number of fused-ring (bicyclic) bond motifs is 1. The molecule has 0 saturated carbocycles. The lowest BCUT2D eigenvalue weighted by Crippen LogP contribution is -2.40. The van der Waals surface area contributed by atoms with E-state index in [0.29, 0.717) is 24.9 Å². The van der Waals surface area contributed by atoms with Crippen LogP contribution in [-0.2, 0) is 11.2 Å². The first-order valence-corrected chi connectivity index (χ1v) is 8.51. The molecule has 0 radical (unpaired) electrons. The van der Waals surface area contributed by atoms with E-state index in [1.807, 2.05) is 4.90 Å². The van der Waals surface area contributed by atoms with Gasteiger partial charge in [0.15, 0.2) is 0 Å². The fourth-order valence-corrected chi connectivity index (χ4v) is 3.73. The van der Waals surface area contributed by atoms with Gasteiger partial charge in [-0.05, 0) is 50.3 Å². The number of para-hydroxylation sites is 1. The highest BCUT2D eigenvalue weighted by Gasteiger charge is 2.27. The fourth-order valence-electron chi connectivity index (χ4n) is 3.73. The van der Waals surface area contributed by atoms with E-state index >= 15 is 0 Å². The van der Waals surface area contributed by atoms with Crippen molar-refractivity contribution in [3.63, 3.8) is 0 Å². The molecule has 4 nitrogen and oxygen atoms in total. The summed E-state index contributed by atoms with van der Waals surface area (Å²) < 4.78 is 0. The number of aryl methyl sites for hydroxylation is 1. The third kappa shape index (κ3) is 3.12. The molecule has 120 valence electrons. The van der Waals surface area contributed by atoms with Crippen molar-refractivity contribution >= 4 is 11.6 Å². The van der Waals surface area contributed by atoms with E-state index in [2.05, 4.69) is 36.1 Å². The summed E-state index contributed by atoms with van der Waals surface area (Å²) in [6.45, 7) is 5.51. The van der Waals surface area contributed by atoms with Gasteiger partial charge in [-0.15, -0.1) is 0 Å². The molecule has 22 heavy (non-hydrogen) atoms. The van der Waals surface area contributed by atoms with Crippen LogP contribution in [0.4, 0.5) is 5.69 Å². The zero-order chi connectivity index (χ0) is 15.5. The van der Waals surface area contributed by atoms with Gasteiger partial charge in [-0.3, -0.25) is 4.79 Å². The van der Waals surface area contributed by atoms with Crippen LogP contribution in [0.1, 0.15) is 31.7 Å². The maximum Gasteiger partial charge on any atom is 0.224 e. The van der Waals surface area contributed by atoms with E-state index in [4.69, 9.17) is 5.73 Å². The maximum absolute atomic E-state index is 12.4. The maximum atomic E-state index is 12.4. The predicted octanol–water partition coefficient (Wildman–Crippen LogP) is 2.03. The zero-order valence-electron chi connectivity index (χ0n) is 13.5. The molecular weight excluding hydrogens is 274 g/mol. The molecule has 0 spiro atoms. The summed E-state index contributed by atoms with van der Waals surface area (Å²) in [6, 6.07) is 9.11. The van der Waals surface area contributed by atoms with E-state index in [-0.39, 0.29) is 5.91 Å². The number of amides is 1. The number of carbonyl (C=O) groups is 1. The fraction of sp³-hybridized carbons (Fsp3) is 0.611. The minimum atomic E-state index is 0.284. The van der Waals surface area contributed by atoms with Crippen LogP contribution in [-0.4, -0.2) is 43.0 Å².